The van der Waals surface area contributed by atoms with Gasteiger partial charge in [-0.3, -0.25) is 14.6 Å². The predicted molar refractivity (Wildman–Crippen MR) is 97.2 cm³/mol. The van der Waals surface area contributed by atoms with E-state index in [9.17, 15) is 31.5 Å². The van der Waals surface area contributed by atoms with E-state index >= 15 is 0 Å². The number of halogens is 5. The number of ether oxygens (including phenoxy) is 1. The van der Waals surface area contributed by atoms with Crippen molar-refractivity contribution >= 4 is 11.7 Å². The molecule has 1 N–H and O–H groups in total. The van der Waals surface area contributed by atoms with E-state index in [1.54, 1.807) is 26.0 Å². The highest BCUT2D eigenvalue weighted by Crippen LogP contribution is 2.37. The van der Waals surface area contributed by atoms with Crippen LogP contribution in [0.4, 0.5) is 22.0 Å². The van der Waals surface area contributed by atoms with Gasteiger partial charge in [0.05, 0.1) is 6.04 Å². The molecule has 0 spiro atoms. The Kier molecular flexibility index (Phi) is 7.12. The van der Waals surface area contributed by atoms with Crippen molar-refractivity contribution in [1.82, 2.24) is 10.3 Å². The van der Waals surface area contributed by atoms with Gasteiger partial charge >= 0.3 is 12.3 Å². The summed E-state index contributed by atoms with van der Waals surface area (Å²) in [4.78, 5) is 28.0. The number of alkyl halides is 5. The maximum absolute atomic E-state index is 12.9. The van der Waals surface area contributed by atoms with Crippen molar-refractivity contribution in [3.8, 4) is 5.75 Å². The highest BCUT2D eigenvalue weighted by atomic mass is 19.4. The van der Waals surface area contributed by atoms with Crippen molar-refractivity contribution in [2.24, 2.45) is 0 Å². The van der Waals surface area contributed by atoms with Gasteiger partial charge in [-0.1, -0.05) is 6.92 Å². The third-order valence-corrected chi connectivity index (χ3v) is 4.15. The van der Waals surface area contributed by atoms with E-state index in [1.807, 2.05) is 0 Å². The van der Waals surface area contributed by atoms with Gasteiger partial charge in [0.15, 0.2) is 0 Å². The molecule has 1 amide bonds. The largest absolute Gasteiger partial charge is 0.499 e. The average Bonchev–Trinajstić information content (AvgIpc) is 2.67. The SMILES string of the molecule is CCC(=O)Cc1cc(C(C)NC(=O)c2ccc(OC(F)(F)C(F)(F)F)cc2)ccn1. The molecular weight excluding hydrogens is 411 g/mol. The lowest BCUT2D eigenvalue weighted by molar-refractivity contribution is -0.360. The fourth-order valence-electron chi connectivity index (χ4n) is 2.43. The van der Waals surface area contributed by atoms with Crippen molar-refractivity contribution in [1.29, 1.82) is 0 Å². The highest BCUT2D eigenvalue weighted by Gasteiger charge is 2.61. The number of carbonyl (C=O) groups excluding carboxylic acids is 2. The monoisotopic (exact) mass is 430 g/mol. The lowest BCUT2D eigenvalue weighted by Gasteiger charge is -2.20. The summed E-state index contributed by atoms with van der Waals surface area (Å²) in [5.41, 5.74) is 1.30. The summed E-state index contributed by atoms with van der Waals surface area (Å²) in [5, 5.41) is 2.68. The number of carbonyl (C=O) groups is 2. The maximum atomic E-state index is 12.9. The molecule has 1 unspecified atom stereocenters. The first-order valence-corrected chi connectivity index (χ1v) is 8.94. The van der Waals surface area contributed by atoms with Crippen molar-refractivity contribution < 1.29 is 36.3 Å². The Bertz CT molecular complexity index is 898. The van der Waals surface area contributed by atoms with Gasteiger partial charge in [0.1, 0.15) is 11.5 Å². The molecule has 5 nitrogen and oxygen atoms in total. The Balaban J connectivity index is 2.04. The average molecular weight is 430 g/mol. The Morgan fingerprint density at radius 2 is 1.73 bits per heavy atom. The van der Waals surface area contributed by atoms with E-state index in [4.69, 9.17) is 0 Å². The quantitative estimate of drug-likeness (QED) is 0.621. The molecule has 0 radical (unpaired) electrons. The molecule has 0 aliphatic carbocycles. The molecule has 0 aliphatic rings. The molecule has 0 aliphatic heterocycles. The molecular formula is C20H19F5N2O3. The number of aromatic nitrogens is 1. The number of nitrogens with one attached hydrogen (secondary N) is 1. The molecule has 0 saturated heterocycles. The van der Waals surface area contributed by atoms with Crippen LogP contribution in [-0.4, -0.2) is 29.0 Å². The van der Waals surface area contributed by atoms with Crippen LogP contribution in [0.15, 0.2) is 42.6 Å². The second-order valence-electron chi connectivity index (χ2n) is 6.49. The molecule has 30 heavy (non-hydrogen) atoms. The molecule has 1 aromatic heterocycles. The maximum Gasteiger partial charge on any atom is 0.499 e. The predicted octanol–water partition coefficient (Wildman–Crippen LogP) is 4.63. The van der Waals surface area contributed by atoms with Crippen LogP contribution < -0.4 is 10.1 Å². The van der Waals surface area contributed by atoms with Gasteiger partial charge < -0.3 is 10.1 Å². The number of amides is 1. The van der Waals surface area contributed by atoms with Crippen molar-refractivity contribution in [2.45, 2.75) is 45.0 Å². The molecule has 2 aromatic rings. The van der Waals surface area contributed by atoms with Gasteiger partial charge in [0.25, 0.3) is 5.91 Å². The minimum atomic E-state index is -5.86. The van der Waals surface area contributed by atoms with E-state index in [-0.39, 0.29) is 17.8 Å². The van der Waals surface area contributed by atoms with Crippen molar-refractivity contribution in [3.05, 3.63) is 59.4 Å². The van der Waals surface area contributed by atoms with E-state index in [2.05, 4.69) is 15.0 Å². The third kappa shape index (κ3) is 5.98. The van der Waals surface area contributed by atoms with Crippen LogP contribution in [0.25, 0.3) is 0 Å². The summed E-state index contributed by atoms with van der Waals surface area (Å²) in [6, 6.07) is 6.72. The number of rotatable bonds is 8. The number of benzene rings is 1. The molecule has 0 saturated carbocycles. The van der Waals surface area contributed by atoms with Crippen LogP contribution in [-0.2, 0) is 11.2 Å². The first kappa shape index (κ1) is 23.2. The molecule has 162 valence electrons. The number of ketones is 1. The van der Waals surface area contributed by atoms with Crippen LogP contribution in [0, 0.1) is 0 Å². The molecule has 10 heteroatoms. The highest BCUT2D eigenvalue weighted by molar-refractivity contribution is 5.94. The van der Waals surface area contributed by atoms with Gasteiger partial charge in [-0.2, -0.15) is 22.0 Å². The fraction of sp³-hybridized carbons (Fsp3) is 0.350. The summed E-state index contributed by atoms with van der Waals surface area (Å²) in [6.45, 7) is 3.44. The Morgan fingerprint density at radius 3 is 2.30 bits per heavy atom. The number of nitrogens with zero attached hydrogens (tertiary/aromatic N) is 1. The molecule has 1 aromatic carbocycles. The smallest absolute Gasteiger partial charge is 0.426 e. The molecule has 1 atom stereocenters. The zero-order valence-electron chi connectivity index (χ0n) is 16.1. The molecule has 2 rings (SSSR count). The first-order valence-electron chi connectivity index (χ1n) is 8.94. The van der Waals surface area contributed by atoms with Gasteiger partial charge in [-0.25, -0.2) is 0 Å². The molecule has 0 fully saturated rings. The van der Waals surface area contributed by atoms with Crippen LogP contribution in [0.5, 0.6) is 5.75 Å². The minimum Gasteiger partial charge on any atom is -0.426 e. The summed E-state index contributed by atoms with van der Waals surface area (Å²) in [5.74, 6) is -1.28. The summed E-state index contributed by atoms with van der Waals surface area (Å²) >= 11 is 0. The van der Waals surface area contributed by atoms with Gasteiger partial charge in [0.2, 0.25) is 0 Å². The fourth-order valence-corrected chi connectivity index (χ4v) is 2.43. The van der Waals surface area contributed by atoms with E-state index in [0.717, 1.165) is 24.3 Å². The Labute approximate surface area is 169 Å². The lowest BCUT2D eigenvalue weighted by Crippen LogP contribution is -2.41. The van der Waals surface area contributed by atoms with Gasteiger partial charge in [0, 0.05) is 30.3 Å². The Hall–Kier alpha value is -3.04. The second kappa shape index (κ2) is 9.19. The first-order chi connectivity index (χ1) is 13.9. The van der Waals surface area contributed by atoms with E-state index < -0.39 is 30.0 Å². The number of hydrogen-bond acceptors (Lipinski definition) is 4. The van der Waals surface area contributed by atoms with Gasteiger partial charge in [-0.15, -0.1) is 0 Å². The Morgan fingerprint density at radius 1 is 1.10 bits per heavy atom. The third-order valence-electron chi connectivity index (χ3n) is 4.15. The van der Waals surface area contributed by atoms with E-state index in [1.165, 1.54) is 6.20 Å². The van der Waals surface area contributed by atoms with Crippen LogP contribution in [0.2, 0.25) is 0 Å². The second-order valence-corrected chi connectivity index (χ2v) is 6.49. The van der Waals surface area contributed by atoms with Crippen molar-refractivity contribution in [2.75, 3.05) is 0 Å². The van der Waals surface area contributed by atoms with Crippen molar-refractivity contribution in [3.63, 3.8) is 0 Å². The topological polar surface area (TPSA) is 68.3 Å². The number of pyridine rings is 1. The molecule has 0 bridgehead atoms. The number of hydrogen-bond donors (Lipinski definition) is 1. The summed E-state index contributed by atoms with van der Waals surface area (Å²) in [6.07, 6.45) is -9.13. The van der Waals surface area contributed by atoms with Crippen LogP contribution in [0.3, 0.4) is 0 Å². The molecule has 1 heterocycles. The van der Waals surface area contributed by atoms with Crippen LogP contribution >= 0.6 is 0 Å². The minimum absolute atomic E-state index is 0.0229. The van der Waals surface area contributed by atoms with Crippen LogP contribution in [0.1, 0.15) is 47.9 Å². The summed E-state index contributed by atoms with van der Waals surface area (Å²) < 4.78 is 66.1. The zero-order chi connectivity index (χ0) is 22.5. The summed E-state index contributed by atoms with van der Waals surface area (Å²) in [7, 11) is 0. The number of Topliss-reactive ketones (excluding diaryl/α,β-unsaturated/α-hetero) is 1. The standard InChI is InChI=1S/C20H19F5N2O3/c1-3-16(28)11-15-10-14(8-9-26-15)12(2)27-18(29)13-4-6-17(7-5-13)30-20(24,25)19(21,22)23/h4-10,12H,3,11H2,1-2H3,(H,27,29). The normalized spacial score (nSPS) is 12.9. The zero-order valence-corrected chi connectivity index (χ0v) is 16.1. The van der Waals surface area contributed by atoms with E-state index in [0.29, 0.717) is 17.7 Å². The lowest BCUT2D eigenvalue weighted by atomic mass is 10.1. The van der Waals surface area contributed by atoms with Gasteiger partial charge in [-0.05, 0) is 48.9 Å².